The predicted molar refractivity (Wildman–Crippen MR) is 134 cm³/mol. The normalized spacial score (nSPS) is 13.6. The smallest absolute Gasteiger partial charge is 0.165 e. The predicted octanol–water partition coefficient (Wildman–Crippen LogP) is 6.75. The fourth-order valence-electron chi connectivity index (χ4n) is 4.44. The average Bonchev–Trinajstić information content (AvgIpc) is 3.09. The molecule has 0 spiro atoms. The van der Waals surface area contributed by atoms with Crippen LogP contribution in [-0.4, -0.2) is 40.3 Å². The number of hydrogen-bond acceptors (Lipinski definition) is 2. The van der Waals surface area contributed by atoms with Crippen molar-refractivity contribution in [2.45, 2.75) is 60.0 Å². The molecule has 0 aliphatic carbocycles. The van der Waals surface area contributed by atoms with E-state index in [1.54, 1.807) is 0 Å². The Labute approximate surface area is 198 Å². The lowest BCUT2D eigenvalue weighted by atomic mass is 10.1. The Balaban J connectivity index is 1.90. The van der Waals surface area contributed by atoms with E-state index in [0.717, 1.165) is 77.7 Å². The van der Waals surface area contributed by atoms with Crippen LogP contribution in [0.2, 0.25) is 5.02 Å². The van der Waals surface area contributed by atoms with Gasteiger partial charge in [0, 0.05) is 11.6 Å². The molecule has 0 aliphatic heterocycles. The van der Waals surface area contributed by atoms with Crippen molar-refractivity contribution in [1.82, 2.24) is 9.55 Å². The van der Waals surface area contributed by atoms with Gasteiger partial charge in [0.2, 0.25) is 0 Å². The zero-order valence-electron chi connectivity index (χ0n) is 20.1. The van der Waals surface area contributed by atoms with E-state index in [4.69, 9.17) is 21.3 Å². The number of benzene rings is 2. The molecule has 5 heteroatoms. The Morgan fingerprint density at radius 2 is 1.84 bits per heavy atom. The monoisotopic (exact) mass is 455 g/mol. The molecule has 2 aromatic carbocycles. The number of rotatable bonds is 13. The number of ether oxygens (including phenoxy) is 1. The molecular formula is C27H38ClN3O+. The summed E-state index contributed by atoms with van der Waals surface area (Å²) in [6.07, 6.45) is 3.40. The molecule has 1 unspecified atom stereocenters. The van der Waals surface area contributed by atoms with E-state index in [-0.39, 0.29) is 0 Å². The van der Waals surface area contributed by atoms with Gasteiger partial charge in [-0.1, -0.05) is 51.4 Å². The first-order valence-corrected chi connectivity index (χ1v) is 12.4. The number of nitrogens with zero attached hydrogens (tertiary/aromatic N) is 3. The molecule has 0 saturated carbocycles. The number of halogens is 1. The van der Waals surface area contributed by atoms with Crippen LogP contribution < -0.4 is 4.74 Å². The maximum Gasteiger partial charge on any atom is 0.165 e. The largest absolute Gasteiger partial charge is 0.488 e. The molecule has 0 bridgehead atoms. The molecular weight excluding hydrogens is 418 g/mol. The zero-order valence-corrected chi connectivity index (χ0v) is 20.9. The van der Waals surface area contributed by atoms with Gasteiger partial charge in [-0.15, -0.1) is 0 Å². The summed E-state index contributed by atoms with van der Waals surface area (Å²) in [5, 5.41) is 0.768. The molecule has 1 aromatic heterocycles. The molecule has 4 nitrogen and oxygen atoms in total. The molecule has 32 heavy (non-hydrogen) atoms. The van der Waals surface area contributed by atoms with Crippen LogP contribution in [0.25, 0.3) is 11.0 Å². The number of aryl methyl sites for hydroxylation is 1. The van der Waals surface area contributed by atoms with Gasteiger partial charge in [-0.3, -0.25) is 0 Å². The number of fused-ring (bicyclic) bond motifs is 1. The van der Waals surface area contributed by atoms with E-state index in [1.165, 1.54) is 6.42 Å². The molecule has 0 aliphatic rings. The maximum atomic E-state index is 6.33. The van der Waals surface area contributed by atoms with Crippen molar-refractivity contribution < 1.29 is 9.22 Å². The molecule has 173 valence electrons. The van der Waals surface area contributed by atoms with E-state index in [9.17, 15) is 0 Å². The summed E-state index contributed by atoms with van der Waals surface area (Å²) in [5.41, 5.74) is 2.18. The molecule has 0 N–H and O–H groups in total. The summed E-state index contributed by atoms with van der Waals surface area (Å²) < 4.78 is 9.50. The third-order valence-corrected chi connectivity index (χ3v) is 6.35. The molecule has 0 fully saturated rings. The highest BCUT2D eigenvalue weighted by atomic mass is 35.5. The fraction of sp³-hybridized carbons (Fsp3) is 0.519. The molecule has 1 heterocycles. The van der Waals surface area contributed by atoms with Gasteiger partial charge in [-0.2, -0.15) is 0 Å². The summed E-state index contributed by atoms with van der Waals surface area (Å²) >= 11 is 6.33. The third-order valence-electron chi connectivity index (χ3n) is 6.11. The Hall–Kier alpha value is -2.04. The Morgan fingerprint density at radius 1 is 1.06 bits per heavy atom. The lowest BCUT2D eigenvalue weighted by Gasteiger charge is -2.39. The van der Waals surface area contributed by atoms with Crippen molar-refractivity contribution in [2.24, 2.45) is 5.92 Å². The summed E-state index contributed by atoms with van der Waals surface area (Å²) in [5.74, 6) is 2.74. The zero-order chi connectivity index (χ0) is 23.0. The van der Waals surface area contributed by atoms with Crippen LogP contribution in [0.5, 0.6) is 5.75 Å². The van der Waals surface area contributed by atoms with Crippen molar-refractivity contribution in [1.29, 1.82) is 0 Å². The van der Waals surface area contributed by atoms with Crippen LogP contribution >= 0.6 is 11.6 Å². The van der Waals surface area contributed by atoms with Crippen molar-refractivity contribution in [3.05, 3.63) is 59.4 Å². The molecule has 0 saturated heterocycles. The highest BCUT2D eigenvalue weighted by molar-refractivity contribution is 6.31. The van der Waals surface area contributed by atoms with Gasteiger partial charge in [0.1, 0.15) is 25.4 Å². The minimum atomic E-state index is 0.670. The van der Waals surface area contributed by atoms with Crippen LogP contribution in [0.15, 0.2) is 42.5 Å². The minimum absolute atomic E-state index is 0.670. The molecule has 3 aromatic rings. The topological polar surface area (TPSA) is 27.1 Å². The van der Waals surface area contributed by atoms with Gasteiger partial charge in [0.05, 0.1) is 24.1 Å². The van der Waals surface area contributed by atoms with Crippen LogP contribution in [0.3, 0.4) is 0 Å². The van der Waals surface area contributed by atoms with Crippen LogP contribution in [0, 0.1) is 12.0 Å². The maximum absolute atomic E-state index is 6.33. The Kier molecular flexibility index (Phi) is 9.01. The van der Waals surface area contributed by atoms with Crippen molar-refractivity contribution in [3.63, 3.8) is 0 Å². The first-order chi connectivity index (χ1) is 15.5. The molecule has 0 amide bonds. The third kappa shape index (κ3) is 6.49. The van der Waals surface area contributed by atoms with Crippen molar-refractivity contribution >= 4 is 22.6 Å². The van der Waals surface area contributed by atoms with E-state index < -0.39 is 0 Å². The van der Waals surface area contributed by atoms with Gasteiger partial charge in [-0.25, -0.2) is 4.98 Å². The molecule has 3 rings (SSSR count). The fourth-order valence-corrected chi connectivity index (χ4v) is 4.61. The number of imidazole rings is 1. The van der Waals surface area contributed by atoms with Crippen LogP contribution in [0.4, 0.5) is 0 Å². The number of hydrogen-bond donors (Lipinski definition) is 0. The van der Waals surface area contributed by atoms with Gasteiger partial charge in [0.15, 0.2) is 5.82 Å². The quantitative estimate of drug-likeness (QED) is 0.266. The molecule has 1 atom stereocenters. The lowest BCUT2D eigenvalue weighted by molar-refractivity contribution is -0.942. The second-order valence-electron chi connectivity index (χ2n) is 9.25. The summed E-state index contributed by atoms with van der Waals surface area (Å²) in [6.45, 7) is 14.9. The number of quaternary nitrogens is 1. The lowest BCUT2D eigenvalue weighted by Crippen LogP contribution is -2.51. The van der Waals surface area contributed by atoms with Gasteiger partial charge in [0.25, 0.3) is 0 Å². The van der Waals surface area contributed by atoms with E-state index in [0.29, 0.717) is 12.5 Å². The standard InChI is InChI=1S/C27H38ClN3O/c1-5-15-30-26-20-23(28)12-13-25(26)29-27(30)21-31(16-6-2,17-14-22(3)4)18-19-32-24-10-8-7-9-11-24/h8-13,20,22H,5-6,14-19,21H2,1-4H3/q+1. The average molecular weight is 456 g/mol. The summed E-state index contributed by atoms with van der Waals surface area (Å²) in [6, 6.07) is 16.9. The van der Waals surface area contributed by atoms with Crippen molar-refractivity contribution in [2.75, 3.05) is 26.2 Å². The highest BCUT2D eigenvalue weighted by Gasteiger charge is 2.30. The van der Waals surface area contributed by atoms with E-state index in [1.807, 2.05) is 36.4 Å². The van der Waals surface area contributed by atoms with Crippen LogP contribution in [0.1, 0.15) is 52.8 Å². The molecule has 1 radical (unpaired) electrons. The van der Waals surface area contributed by atoms with Crippen LogP contribution in [-0.2, 0) is 13.1 Å². The van der Waals surface area contributed by atoms with E-state index >= 15 is 0 Å². The SMILES string of the molecule is CCCn1c(C[N+](CCC)(CCOc2cc[c]cc2)CCC(C)C)nc2ccc(Cl)cc21. The van der Waals surface area contributed by atoms with Gasteiger partial charge >= 0.3 is 0 Å². The first-order valence-electron chi connectivity index (χ1n) is 12.0. The second kappa shape index (κ2) is 11.7. The highest BCUT2D eigenvalue weighted by Crippen LogP contribution is 2.25. The number of aromatic nitrogens is 2. The summed E-state index contributed by atoms with van der Waals surface area (Å²) in [7, 11) is 0. The van der Waals surface area contributed by atoms with Gasteiger partial charge in [-0.05, 0) is 61.6 Å². The Morgan fingerprint density at radius 3 is 2.53 bits per heavy atom. The summed E-state index contributed by atoms with van der Waals surface area (Å²) in [4.78, 5) is 5.08. The van der Waals surface area contributed by atoms with Crippen molar-refractivity contribution in [3.8, 4) is 5.75 Å². The van der Waals surface area contributed by atoms with E-state index in [2.05, 4.69) is 44.4 Å². The first kappa shape index (κ1) is 24.6. The minimum Gasteiger partial charge on any atom is -0.488 e. The van der Waals surface area contributed by atoms with Gasteiger partial charge < -0.3 is 13.8 Å². The Bertz CT molecular complexity index is 970. The second-order valence-corrected chi connectivity index (χ2v) is 9.69.